The van der Waals surface area contributed by atoms with Crippen LogP contribution in [0.2, 0.25) is 0 Å². The topological polar surface area (TPSA) is 57.3 Å². The van der Waals surface area contributed by atoms with Gasteiger partial charge in [-0.25, -0.2) is 4.68 Å². The second kappa shape index (κ2) is 8.40. The summed E-state index contributed by atoms with van der Waals surface area (Å²) in [6.45, 7) is 0. The van der Waals surface area contributed by atoms with E-state index in [-0.39, 0.29) is 5.78 Å². The predicted octanol–water partition coefficient (Wildman–Crippen LogP) is 6.19. The smallest absolute Gasteiger partial charge is 0.221 e. The largest absolute Gasteiger partial charge is 0.497 e. The molecule has 0 N–H and O–H groups in total. The number of ketones is 1. The first-order chi connectivity index (χ1) is 15.7. The van der Waals surface area contributed by atoms with Gasteiger partial charge < -0.3 is 9.15 Å². The number of benzene rings is 3. The van der Waals surface area contributed by atoms with E-state index in [9.17, 15) is 4.79 Å². The summed E-state index contributed by atoms with van der Waals surface area (Å²) in [5.74, 6) is 0.881. The van der Waals surface area contributed by atoms with Gasteiger partial charge in [-0.2, -0.15) is 5.10 Å². The molecule has 0 atom stereocenters. The summed E-state index contributed by atoms with van der Waals surface area (Å²) in [7, 11) is 1.64. The number of hydrogen-bond acceptors (Lipinski definition) is 4. The molecule has 0 aliphatic heterocycles. The molecule has 0 spiro atoms. The van der Waals surface area contributed by atoms with Crippen molar-refractivity contribution in [2.24, 2.45) is 0 Å². The Morgan fingerprint density at radius 1 is 0.969 bits per heavy atom. The number of fused-ring (bicyclic) bond motifs is 1. The van der Waals surface area contributed by atoms with Gasteiger partial charge in [0.05, 0.1) is 18.5 Å². The zero-order valence-corrected chi connectivity index (χ0v) is 17.4. The summed E-state index contributed by atoms with van der Waals surface area (Å²) in [5, 5.41) is 5.68. The lowest BCUT2D eigenvalue weighted by Gasteiger charge is -2.02. The van der Waals surface area contributed by atoms with Gasteiger partial charge in [-0.1, -0.05) is 36.4 Å². The van der Waals surface area contributed by atoms with Gasteiger partial charge in [-0.15, -0.1) is 0 Å². The van der Waals surface area contributed by atoms with E-state index in [2.05, 4.69) is 0 Å². The molecular weight excluding hydrogens is 400 g/mol. The Bertz CT molecular complexity index is 1380. The zero-order valence-electron chi connectivity index (χ0n) is 17.4. The zero-order chi connectivity index (χ0) is 21.9. The molecule has 3 aromatic carbocycles. The lowest BCUT2D eigenvalue weighted by Crippen LogP contribution is -1.94. The number of rotatable bonds is 6. The van der Waals surface area contributed by atoms with Crippen molar-refractivity contribution < 1.29 is 13.9 Å². The Hall–Kier alpha value is -4.38. The number of nitrogens with zero attached hydrogens (tertiary/aromatic N) is 2. The highest BCUT2D eigenvalue weighted by Gasteiger charge is 2.13. The van der Waals surface area contributed by atoms with Crippen LogP contribution in [0, 0.1) is 0 Å². The van der Waals surface area contributed by atoms with Gasteiger partial charge in [0.15, 0.2) is 5.76 Å². The standard InChI is InChI=1S/C27H20N2O3/c1-31-23-14-11-19(12-15-23)27-21(18-29(28-27)22-8-3-2-4-9-22)13-16-24(30)26-17-20-7-5-6-10-25(20)32-26/h2-18H,1H3/b16-13+. The van der Waals surface area contributed by atoms with Gasteiger partial charge in [0.25, 0.3) is 0 Å². The molecule has 5 rings (SSSR count). The van der Waals surface area contributed by atoms with E-state index in [1.807, 2.05) is 89.7 Å². The van der Waals surface area contributed by atoms with Crippen molar-refractivity contribution in [1.29, 1.82) is 0 Å². The molecule has 0 aliphatic rings. The molecule has 0 fully saturated rings. The summed E-state index contributed by atoms with van der Waals surface area (Å²) < 4.78 is 12.8. The van der Waals surface area contributed by atoms with Crippen LogP contribution in [0.1, 0.15) is 16.1 Å². The van der Waals surface area contributed by atoms with Crippen molar-refractivity contribution >= 4 is 22.8 Å². The first-order valence-electron chi connectivity index (χ1n) is 10.2. The van der Waals surface area contributed by atoms with Crippen LogP contribution in [0.4, 0.5) is 0 Å². The quantitative estimate of drug-likeness (QED) is 0.243. The van der Waals surface area contributed by atoms with Gasteiger partial charge in [-0.05, 0) is 60.7 Å². The number of para-hydroxylation sites is 2. The maximum atomic E-state index is 12.8. The second-order valence-corrected chi connectivity index (χ2v) is 7.29. The van der Waals surface area contributed by atoms with E-state index in [0.29, 0.717) is 11.3 Å². The van der Waals surface area contributed by atoms with Crippen molar-refractivity contribution in [3.05, 3.63) is 109 Å². The molecule has 0 saturated heterocycles. The fourth-order valence-electron chi connectivity index (χ4n) is 3.55. The molecule has 2 heterocycles. The van der Waals surface area contributed by atoms with E-state index in [1.54, 1.807) is 19.3 Å². The lowest BCUT2D eigenvalue weighted by molar-refractivity contribution is 0.102. The minimum Gasteiger partial charge on any atom is -0.497 e. The second-order valence-electron chi connectivity index (χ2n) is 7.29. The number of carbonyl (C=O) groups excluding carboxylic acids is 1. The normalized spacial score (nSPS) is 11.3. The molecule has 0 unspecified atom stereocenters. The molecule has 0 amide bonds. The van der Waals surface area contributed by atoms with Crippen LogP contribution in [0.25, 0.3) is 34.0 Å². The molecule has 0 saturated carbocycles. The third-order valence-corrected chi connectivity index (χ3v) is 5.21. The van der Waals surface area contributed by atoms with Crippen molar-refractivity contribution in [1.82, 2.24) is 9.78 Å². The lowest BCUT2D eigenvalue weighted by atomic mass is 10.1. The monoisotopic (exact) mass is 420 g/mol. The van der Waals surface area contributed by atoms with Crippen molar-refractivity contribution in [3.63, 3.8) is 0 Å². The molecule has 2 aromatic heterocycles. The molecular formula is C27H20N2O3. The van der Waals surface area contributed by atoms with E-state index in [1.165, 1.54) is 6.08 Å². The third kappa shape index (κ3) is 3.84. The van der Waals surface area contributed by atoms with Crippen LogP contribution in [-0.4, -0.2) is 22.7 Å². The van der Waals surface area contributed by atoms with Gasteiger partial charge in [0.1, 0.15) is 11.3 Å². The average Bonchev–Trinajstić information content (AvgIpc) is 3.48. The van der Waals surface area contributed by atoms with Crippen molar-refractivity contribution in [2.45, 2.75) is 0 Å². The van der Waals surface area contributed by atoms with E-state index >= 15 is 0 Å². The van der Waals surface area contributed by atoms with Crippen LogP contribution in [-0.2, 0) is 0 Å². The van der Waals surface area contributed by atoms with Crippen molar-refractivity contribution in [3.8, 4) is 22.7 Å². The molecule has 156 valence electrons. The highest BCUT2D eigenvalue weighted by Crippen LogP contribution is 2.27. The van der Waals surface area contributed by atoms with Gasteiger partial charge in [-0.3, -0.25) is 4.79 Å². The summed E-state index contributed by atoms with van der Waals surface area (Å²) in [5.41, 5.74) is 4.15. The Kier molecular flexibility index (Phi) is 5.14. The SMILES string of the molecule is COc1ccc(-c2nn(-c3ccccc3)cc2/C=C/C(=O)c2cc3ccccc3o2)cc1. The number of furan rings is 1. The molecule has 0 bridgehead atoms. The van der Waals surface area contributed by atoms with Gasteiger partial charge >= 0.3 is 0 Å². The fourth-order valence-corrected chi connectivity index (χ4v) is 3.55. The van der Waals surface area contributed by atoms with E-state index < -0.39 is 0 Å². The summed E-state index contributed by atoms with van der Waals surface area (Å²) in [4.78, 5) is 12.8. The minimum absolute atomic E-state index is 0.200. The molecule has 0 aliphatic carbocycles. The molecule has 32 heavy (non-hydrogen) atoms. The Balaban J connectivity index is 1.52. The highest BCUT2D eigenvalue weighted by molar-refractivity contribution is 6.07. The van der Waals surface area contributed by atoms with Gasteiger partial charge in [0, 0.05) is 22.7 Å². The highest BCUT2D eigenvalue weighted by atomic mass is 16.5. The molecule has 0 radical (unpaired) electrons. The van der Waals surface area contributed by atoms with Crippen LogP contribution < -0.4 is 4.74 Å². The Morgan fingerprint density at radius 3 is 2.47 bits per heavy atom. The average molecular weight is 420 g/mol. The van der Waals surface area contributed by atoms with Crippen LogP contribution in [0.5, 0.6) is 5.75 Å². The van der Waals surface area contributed by atoms with Crippen molar-refractivity contribution in [2.75, 3.05) is 7.11 Å². The first-order valence-corrected chi connectivity index (χ1v) is 10.2. The summed E-state index contributed by atoms with van der Waals surface area (Å²) in [6.07, 6.45) is 5.22. The maximum Gasteiger partial charge on any atom is 0.221 e. The number of hydrogen-bond donors (Lipinski definition) is 0. The van der Waals surface area contributed by atoms with Gasteiger partial charge in [0.2, 0.25) is 5.78 Å². The third-order valence-electron chi connectivity index (χ3n) is 5.21. The minimum atomic E-state index is -0.200. The predicted molar refractivity (Wildman–Crippen MR) is 125 cm³/mol. The van der Waals surface area contributed by atoms with Crippen LogP contribution in [0.3, 0.4) is 0 Å². The first kappa shape index (κ1) is 19.6. The number of ether oxygens (including phenoxy) is 1. The Labute approximate surface area is 185 Å². The maximum absolute atomic E-state index is 12.8. The molecule has 5 heteroatoms. The molecule has 5 nitrogen and oxygen atoms in total. The summed E-state index contributed by atoms with van der Waals surface area (Å²) >= 11 is 0. The number of aromatic nitrogens is 2. The van der Waals surface area contributed by atoms with E-state index in [4.69, 9.17) is 14.3 Å². The fraction of sp³-hybridized carbons (Fsp3) is 0.0370. The van der Waals surface area contributed by atoms with E-state index in [0.717, 1.165) is 33.6 Å². The molecule has 5 aromatic rings. The number of allylic oxidation sites excluding steroid dienone is 1. The van der Waals surface area contributed by atoms with Crippen LogP contribution in [0.15, 0.2) is 102 Å². The summed E-state index contributed by atoms with van der Waals surface area (Å²) in [6, 6.07) is 26.9. The number of methoxy groups -OCH3 is 1. The Morgan fingerprint density at radius 2 is 1.72 bits per heavy atom. The number of carbonyl (C=O) groups is 1. The van der Waals surface area contributed by atoms with Crippen LogP contribution >= 0.6 is 0 Å².